The highest BCUT2D eigenvalue weighted by Crippen LogP contribution is 2.55. The van der Waals surface area contributed by atoms with Crippen LogP contribution in [0.5, 0.6) is 11.5 Å². The van der Waals surface area contributed by atoms with Gasteiger partial charge in [-0.05, 0) is 28.8 Å². The van der Waals surface area contributed by atoms with Crippen molar-refractivity contribution >= 4 is 0 Å². The molecule has 5 heteroatoms. The standard InChI is InChI=1S/C19H21NO4/c1-21-13-4-3-12-5-6-20-10-18(22-2)14-7-16-17(24-11-23-16)8-15(14)19(12,20)9-13/h3-5,7-8,13,18H,6,9-11H2,1-2H3/t13-,18-,19-/m0/s1. The van der Waals surface area contributed by atoms with Crippen LogP contribution in [0.4, 0.5) is 0 Å². The van der Waals surface area contributed by atoms with Gasteiger partial charge in [0.25, 0.3) is 0 Å². The lowest BCUT2D eigenvalue weighted by atomic mass is 9.70. The van der Waals surface area contributed by atoms with Crippen LogP contribution in [0.1, 0.15) is 23.7 Å². The molecule has 126 valence electrons. The third-order valence-electron chi connectivity index (χ3n) is 5.85. The number of hydrogen-bond donors (Lipinski definition) is 0. The first-order chi connectivity index (χ1) is 11.8. The largest absolute Gasteiger partial charge is 0.454 e. The fourth-order valence-electron chi connectivity index (χ4n) is 4.65. The molecule has 3 aliphatic heterocycles. The van der Waals surface area contributed by atoms with Crippen molar-refractivity contribution in [1.29, 1.82) is 0 Å². The highest BCUT2D eigenvalue weighted by Gasteiger charge is 2.52. The fourth-order valence-corrected chi connectivity index (χ4v) is 4.65. The molecule has 0 unspecified atom stereocenters. The van der Waals surface area contributed by atoms with E-state index >= 15 is 0 Å². The zero-order valence-corrected chi connectivity index (χ0v) is 14.0. The quantitative estimate of drug-likeness (QED) is 0.835. The van der Waals surface area contributed by atoms with Crippen LogP contribution in [-0.2, 0) is 15.0 Å². The van der Waals surface area contributed by atoms with Gasteiger partial charge in [0.2, 0.25) is 6.79 Å². The predicted molar refractivity (Wildman–Crippen MR) is 88.2 cm³/mol. The lowest BCUT2D eigenvalue weighted by Gasteiger charge is -2.50. The molecule has 0 bridgehead atoms. The Morgan fingerprint density at radius 2 is 2.00 bits per heavy atom. The smallest absolute Gasteiger partial charge is 0.231 e. The molecule has 4 aliphatic rings. The van der Waals surface area contributed by atoms with Crippen LogP contribution < -0.4 is 9.47 Å². The Morgan fingerprint density at radius 1 is 1.17 bits per heavy atom. The van der Waals surface area contributed by atoms with Crippen LogP contribution >= 0.6 is 0 Å². The lowest BCUT2D eigenvalue weighted by Crippen LogP contribution is -2.52. The number of benzene rings is 1. The molecule has 24 heavy (non-hydrogen) atoms. The fraction of sp³-hybridized carbons (Fsp3) is 0.474. The Bertz CT molecular complexity index is 756. The van der Waals surface area contributed by atoms with E-state index in [4.69, 9.17) is 18.9 Å². The topological polar surface area (TPSA) is 40.2 Å². The van der Waals surface area contributed by atoms with Gasteiger partial charge in [0, 0.05) is 33.7 Å². The molecule has 5 rings (SSSR count). The van der Waals surface area contributed by atoms with Crippen molar-refractivity contribution in [3.05, 3.63) is 47.1 Å². The SMILES string of the molecule is CO[C@H]1CN2CC=C3C=C[C@H](OC)C[C@@]32c2cc3c(cc21)OCO3. The third kappa shape index (κ3) is 1.75. The van der Waals surface area contributed by atoms with E-state index in [1.165, 1.54) is 16.7 Å². The van der Waals surface area contributed by atoms with E-state index in [2.05, 4.69) is 35.3 Å². The summed E-state index contributed by atoms with van der Waals surface area (Å²) in [5.41, 5.74) is 3.67. The molecule has 0 aromatic heterocycles. The van der Waals surface area contributed by atoms with Crippen LogP contribution in [0.25, 0.3) is 0 Å². The summed E-state index contributed by atoms with van der Waals surface area (Å²) in [4.78, 5) is 2.51. The van der Waals surface area contributed by atoms with E-state index in [0.29, 0.717) is 0 Å². The molecule has 1 aromatic rings. The molecule has 1 spiro atoms. The van der Waals surface area contributed by atoms with Gasteiger partial charge in [-0.1, -0.05) is 18.2 Å². The highest BCUT2D eigenvalue weighted by molar-refractivity contribution is 5.58. The molecule has 0 N–H and O–H groups in total. The molecule has 0 fully saturated rings. The minimum absolute atomic E-state index is 0.0415. The van der Waals surface area contributed by atoms with Crippen LogP contribution in [0.3, 0.4) is 0 Å². The summed E-state index contributed by atoms with van der Waals surface area (Å²) in [7, 11) is 3.56. The van der Waals surface area contributed by atoms with E-state index in [0.717, 1.165) is 31.0 Å². The second kappa shape index (κ2) is 5.09. The van der Waals surface area contributed by atoms with Gasteiger partial charge in [-0.3, -0.25) is 4.90 Å². The summed E-state index contributed by atoms with van der Waals surface area (Å²) < 4.78 is 22.7. The first-order valence-electron chi connectivity index (χ1n) is 8.40. The van der Waals surface area contributed by atoms with Crippen molar-refractivity contribution in [2.24, 2.45) is 0 Å². The maximum Gasteiger partial charge on any atom is 0.231 e. The summed E-state index contributed by atoms with van der Waals surface area (Å²) in [5, 5.41) is 0. The minimum Gasteiger partial charge on any atom is -0.454 e. The van der Waals surface area contributed by atoms with Gasteiger partial charge < -0.3 is 18.9 Å². The molecule has 0 radical (unpaired) electrons. The molecule has 0 saturated heterocycles. The minimum atomic E-state index is -0.152. The Labute approximate surface area is 141 Å². The first kappa shape index (κ1) is 14.5. The lowest BCUT2D eigenvalue weighted by molar-refractivity contribution is -0.00646. The van der Waals surface area contributed by atoms with Crippen molar-refractivity contribution in [2.45, 2.75) is 24.2 Å². The van der Waals surface area contributed by atoms with Crippen LogP contribution in [0.2, 0.25) is 0 Å². The summed E-state index contributed by atoms with van der Waals surface area (Å²) in [6.07, 6.45) is 7.78. The van der Waals surface area contributed by atoms with Crippen molar-refractivity contribution in [3.8, 4) is 11.5 Å². The molecule has 3 atom stereocenters. The van der Waals surface area contributed by atoms with Crippen molar-refractivity contribution < 1.29 is 18.9 Å². The zero-order valence-electron chi connectivity index (χ0n) is 14.0. The number of hydrogen-bond acceptors (Lipinski definition) is 5. The van der Waals surface area contributed by atoms with E-state index in [1.807, 2.05) is 0 Å². The predicted octanol–water partition coefficient (Wildman–Crippen LogP) is 2.53. The molecular weight excluding hydrogens is 306 g/mol. The average molecular weight is 327 g/mol. The second-order valence-corrected chi connectivity index (χ2v) is 6.78. The molecular formula is C19H21NO4. The Hall–Kier alpha value is -1.82. The average Bonchev–Trinajstić information content (AvgIpc) is 3.22. The molecule has 1 aromatic carbocycles. The zero-order chi connectivity index (χ0) is 16.3. The van der Waals surface area contributed by atoms with Gasteiger partial charge in [-0.25, -0.2) is 0 Å². The number of rotatable bonds is 2. The Morgan fingerprint density at radius 3 is 2.79 bits per heavy atom. The van der Waals surface area contributed by atoms with Crippen molar-refractivity contribution in [3.63, 3.8) is 0 Å². The molecule has 0 amide bonds. The van der Waals surface area contributed by atoms with E-state index in [1.54, 1.807) is 14.2 Å². The van der Waals surface area contributed by atoms with E-state index in [-0.39, 0.29) is 24.5 Å². The first-order valence-corrected chi connectivity index (χ1v) is 8.40. The van der Waals surface area contributed by atoms with Crippen molar-refractivity contribution in [2.75, 3.05) is 34.1 Å². The normalized spacial score (nSPS) is 33.0. The summed E-state index contributed by atoms with van der Waals surface area (Å²) in [6, 6.07) is 4.26. The van der Waals surface area contributed by atoms with Crippen LogP contribution in [0.15, 0.2) is 35.9 Å². The van der Waals surface area contributed by atoms with E-state index in [9.17, 15) is 0 Å². The van der Waals surface area contributed by atoms with E-state index < -0.39 is 0 Å². The van der Waals surface area contributed by atoms with Gasteiger partial charge in [0.05, 0.1) is 17.7 Å². The monoisotopic (exact) mass is 327 g/mol. The van der Waals surface area contributed by atoms with Gasteiger partial charge in [-0.15, -0.1) is 0 Å². The van der Waals surface area contributed by atoms with Gasteiger partial charge >= 0.3 is 0 Å². The maximum atomic E-state index is 5.80. The van der Waals surface area contributed by atoms with Gasteiger partial charge in [-0.2, -0.15) is 0 Å². The molecule has 0 saturated carbocycles. The maximum absolute atomic E-state index is 5.80. The highest BCUT2D eigenvalue weighted by atomic mass is 16.7. The molecule has 1 aliphatic carbocycles. The van der Waals surface area contributed by atoms with Crippen LogP contribution in [0, 0.1) is 0 Å². The van der Waals surface area contributed by atoms with Gasteiger partial charge in [0.15, 0.2) is 11.5 Å². The number of nitrogens with zero attached hydrogens (tertiary/aromatic N) is 1. The molecule has 3 heterocycles. The number of ether oxygens (including phenoxy) is 4. The summed E-state index contributed by atoms with van der Waals surface area (Å²) >= 11 is 0. The van der Waals surface area contributed by atoms with Crippen molar-refractivity contribution in [1.82, 2.24) is 4.90 Å². The Kier molecular flexibility index (Phi) is 3.08. The Balaban J connectivity index is 1.73. The van der Waals surface area contributed by atoms with Crippen LogP contribution in [-0.4, -0.2) is 45.1 Å². The summed E-state index contributed by atoms with van der Waals surface area (Å²) in [5.74, 6) is 1.65. The summed E-state index contributed by atoms with van der Waals surface area (Å²) in [6.45, 7) is 2.09. The third-order valence-corrected chi connectivity index (χ3v) is 5.85. The van der Waals surface area contributed by atoms with Gasteiger partial charge in [0.1, 0.15) is 0 Å². The number of methoxy groups -OCH3 is 2. The number of fused-ring (bicyclic) bond motifs is 2. The molecule has 5 nitrogen and oxygen atoms in total. The second-order valence-electron chi connectivity index (χ2n) is 6.78.